The molecular weight excluding hydrogens is 435 g/mol. The summed E-state index contributed by atoms with van der Waals surface area (Å²) in [6.45, 7) is 4.42. The highest BCUT2D eigenvalue weighted by molar-refractivity contribution is 6.05. The monoisotopic (exact) mass is 459 g/mol. The fraction of sp³-hybridized carbons (Fsp3) is 0.333. The maximum Gasteiger partial charge on any atom is 0.416 e. The number of anilines is 2. The first-order valence-corrected chi connectivity index (χ1v) is 10.6. The van der Waals surface area contributed by atoms with Gasteiger partial charge in [-0.25, -0.2) is 4.79 Å². The van der Waals surface area contributed by atoms with Crippen LogP contribution in [0.3, 0.4) is 0 Å². The van der Waals surface area contributed by atoms with Gasteiger partial charge in [0, 0.05) is 43.4 Å². The van der Waals surface area contributed by atoms with Crippen LogP contribution in [0.4, 0.5) is 24.5 Å². The van der Waals surface area contributed by atoms with E-state index in [1.807, 2.05) is 29.2 Å². The van der Waals surface area contributed by atoms with E-state index in [-0.39, 0.29) is 17.7 Å². The number of ether oxygens (including phenoxy) is 2. The number of fused-ring (bicyclic) bond motifs is 1. The van der Waals surface area contributed by atoms with Crippen LogP contribution >= 0.6 is 0 Å². The lowest BCUT2D eigenvalue weighted by atomic mass is 10.0. The topological polar surface area (TPSA) is 54.9 Å². The third-order valence-corrected chi connectivity index (χ3v) is 5.70. The van der Waals surface area contributed by atoms with Gasteiger partial charge in [0.1, 0.15) is 11.3 Å². The minimum atomic E-state index is -4.47. The van der Waals surface area contributed by atoms with Crippen molar-refractivity contribution < 1.29 is 27.4 Å². The molecule has 1 aliphatic heterocycles. The lowest BCUT2D eigenvalue weighted by molar-refractivity contribution is -0.137. The predicted molar refractivity (Wildman–Crippen MR) is 120 cm³/mol. The van der Waals surface area contributed by atoms with Crippen molar-refractivity contribution >= 4 is 28.2 Å². The molecule has 0 N–H and O–H groups in total. The second kappa shape index (κ2) is 9.17. The molecule has 0 aliphatic carbocycles. The van der Waals surface area contributed by atoms with Crippen molar-refractivity contribution in [3.05, 3.63) is 59.8 Å². The first-order valence-electron chi connectivity index (χ1n) is 10.6. The Morgan fingerprint density at radius 1 is 1.03 bits per heavy atom. The summed E-state index contributed by atoms with van der Waals surface area (Å²) in [4.78, 5) is 21.0. The molecule has 3 aromatic rings. The number of halogens is 3. The smallest absolute Gasteiger partial charge is 0.416 e. The Bertz CT molecular complexity index is 1140. The Labute approximate surface area is 189 Å². The molecule has 1 aromatic heterocycles. The molecule has 0 bridgehead atoms. The molecule has 0 amide bonds. The molecular formula is C24H24F3N3O3. The molecule has 0 atom stereocenters. The van der Waals surface area contributed by atoms with E-state index >= 15 is 0 Å². The van der Waals surface area contributed by atoms with Crippen LogP contribution in [0, 0.1) is 0 Å². The Morgan fingerprint density at radius 2 is 1.70 bits per heavy atom. The molecule has 2 aromatic carbocycles. The molecule has 1 saturated heterocycles. The highest BCUT2D eigenvalue weighted by atomic mass is 19.4. The molecule has 9 heteroatoms. The normalized spacial score (nSPS) is 14.5. The molecule has 33 heavy (non-hydrogen) atoms. The van der Waals surface area contributed by atoms with Crippen molar-refractivity contribution in [1.29, 1.82) is 0 Å². The van der Waals surface area contributed by atoms with E-state index in [1.165, 1.54) is 12.3 Å². The van der Waals surface area contributed by atoms with Crippen LogP contribution in [0.2, 0.25) is 0 Å². The van der Waals surface area contributed by atoms with Crippen molar-refractivity contribution in [2.45, 2.75) is 13.1 Å². The molecule has 0 spiro atoms. The van der Waals surface area contributed by atoms with Gasteiger partial charge in [0.2, 0.25) is 0 Å². The first kappa shape index (κ1) is 22.7. The molecule has 1 aliphatic rings. The number of carbonyl (C=O) groups is 1. The van der Waals surface area contributed by atoms with Crippen molar-refractivity contribution in [1.82, 2.24) is 4.98 Å². The molecule has 4 rings (SSSR count). The summed E-state index contributed by atoms with van der Waals surface area (Å²) in [5, 5.41) is 0.492. The van der Waals surface area contributed by atoms with Crippen molar-refractivity contribution in [3.8, 4) is 5.75 Å². The highest BCUT2D eigenvalue weighted by Gasteiger charge is 2.32. The number of alkyl halides is 3. The van der Waals surface area contributed by atoms with Crippen LogP contribution in [0.5, 0.6) is 5.75 Å². The Morgan fingerprint density at radius 3 is 2.30 bits per heavy atom. The number of rotatable bonds is 5. The SMILES string of the molecule is CCOC(=O)c1cnc2cc(C(F)(F)F)ccc2c1N1CCN(c2ccc(OC)cc2)CC1. The number of aromatic nitrogens is 1. The van der Waals surface area contributed by atoms with E-state index in [1.54, 1.807) is 14.0 Å². The zero-order chi connectivity index (χ0) is 23.6. The maximum absolute atomic E-state index is 13.2. The summed E-state index contributed by atoms with van der Waals surface area (Å²) >= 11 is 0. The number of hydrogen-bond donors (Lipinski definition) is 0. The van der Waals surface area contributed by atoms with Crippen LogP contribution in [0.1, 0.15) is 22.8 Å². The van der Waals surface area contributed by atoms with Gasteiger partial charge in [-0.1, -0.05) is 6.07 Å². The number of piperazine rings is 1. The van der Waals surface area contributed by atoms with E-state index < -0.39 is 17.7 Å². The molecule has 0 saturated carbocycles. The standard InChI is InChI=1S/C24H24F3N3O3/c1-3-33-23(31)20-15-28-21-14-16(24(25,26)27)4-9-19(21)22(20)30-12-10-29(11-13-30)17-5-7-18(32-2)8-6-17/h4-9,14-15H,3,10-13H2,1-2H3. The van der Waals surface area contributed by atoms with E-state index in [9.17, 15) is 18.0 Å². The van der Waals surface area contributed by atoms with Gasteiger partial charge in [0.05, 0.1) is 30.5 Å². The lowest BCUT2D eigenvalue weighted by Crippen LogP contribution is -2.47. The summed E-state index contributed by atoms with van der Waals surface area (Å²) < 4.78 is 50.0. The number of hydrogen-bond acceptors (Lipinski definition) is 6. The molecule has 0 radical (unpaired) electrons. The molecule has 1 fully saturated rings. The van der Waals surface area contributed by atoms with Gasteiger partial charge in [0.25, 0.3) is 0 Å². The zero-order valence-corrected chi connectivity index (χ0v) is 18.4. The fourth-order valence-corrected chi connectivity index (χ4v) is 4.04. The van der Waals surface area contributed by atoms with Gasteiger partial charge in [0.15, 0.2) is 0 Å². The third-order valence-electron chi connectivity index (χ3n) is 5.70. The number of nitrogens with zero attached hydrogens (tertiary/aromatic N) is 3. The Hall–Kier alpha value is -3.49. The number of carbonyl (C=O) groups excluding carboxylic acids is 1. The molecule has 6 nitrogen and oxygen atoms in total. The minimum Gasteiger partial charge on any atom is -0.497 e. The zero-order valence-electron chi connectivity index (χ0n) is 18.4. The van der Waals surface area contributed by atoms with Crippen LogP contribution in [0.25, 0.3) is 10.9 Å². The average Bonchev–Trinajstić information content (AvgIpc) is 2.82. The van der Waals surface area contributed by atoms with Gasteiger partial charge >= 0.3 is 12.1 Å². The number of benzene rings is 2. The van der Waals surface area contributed by atoms with E-state index in [2.05, 4.69) is 9.88 Å². The summed E-state index contributed by atoms with van der Waals surface area (Å²) in [7, 11) is 1.62. The quantitative estimate of drug-likeness (QED) is 0.513. The first-order chi connectivity index (χ1) is 15.8. The van der Waals surface area contributed by atoms with Crippen molar-refractivity contribution in [3.63, 3.8) is 0 Å². The summed E-state index contributed by atoms with van der Waals surface area (Å²) in [6, 6.07) is 11.2. The van der Waals surface area contributed by atoms with Gasteiger partial charge in [-0.2, -0.15) is 13.2 Å². The van der Waals surface area contributed by atoms with Gasteiger partial charge < -0.3 is 19.3 Å². The second-order valence-corrected chi connectivity index (χ2v) is 7.64. The number of methoxy groups -OCH3 is 1. The largest absolute Gasteiger partial charge is 0.497 e. The third kappa shape index (κ3) is 4.67. The average molecular weight is 459 g/mol. The van der Waals surface area contributed by atoms with Crippen LogP contribution < -0.4 is 14.5 Å². The van der Waals surface area contributed by atoms with Gasteiger partial charge in [-0.3, -0.25) is 4.98 Å². The molecule has 0 unspecified atom stereocenters. The predicted octanol–water partition coefficient (Wildman–Crippen LogP) is 4.77. The fourth-order valence-electron chi connectivity index (χ4n) is 4.04. The summed E-state index contributed by atoms with van der Waals surface area (Å²) in [6.07, 6.45) is -3.16. The molecule has 2 heterocycles. The van der Waals surface area contributed by atoms with E-state index in [0.717, 1.165) is 23.6 Å². The number of pyridine rings is 1. The van der Waals surface area contributed by atoms with Crippen LogP contribution in [0.15, 0.2) is 48.7 Å². The highest BCUT2D eigenvalue weighted by Crippen LogP contribution is 2.36. The second-order valence-electron chi connectivity index (χ2n) is 7.64. The van der Waals surface area contributed by atoms with Crippen LogP contribution in [-0.2, 0) is 10.9 Å². The van der Waals surface area contributed by atoms with Gasteiger partial charge in [-0.05, 0) is 43.3 Å². The Balaban J connectivity index is 1.67. The van der Waals surface area contributed by atoms with E-state index in [0.29, 0.717) is 37.3 Å². The Kier molecular flexibility index (Phi) is 6.31. The lowest BCUT2D eigenvalue weighted by Gasteiger charge is -2.38. The number of esters is 1. The van der Waals surface area contributed by atoms with Crippen LogP contribution in [-0.4, -0.2) is 50.8 Å². The van der Waals surface area contributed by atoms with Gasteiger partial charge in [-0.15, -0.1) is 0 Å². The minimum absolute atomic E-state index is 0.186. The van der Waals surface area contributed by atoms with Crippen molar-refractivity contribution in [2.75, 3.05) is 49.7 Å². The molecule has 174 valence electrons. The summed E-state index contributed by atoms with van der Waals surface area (Å²) in [5.41, 5.74) is 1.27. The van der Waals surface area contributed by atoms with E-state index in [4.69, 9.17) is 9.47 Å². The van der Waals surface area contributed by atoms with Crippen molar-refractivity contribution in [2.24, 2.45) is 0 Å². The summed E-state index contributed by atoms with van der Waals surface area (Å²) in [5.74, 6) is 0.234. The maximum atomic E-state index is 13.2.